The number of nitrogens with two attached hydrogens (primary N) is 1. The van der Waals surface area contributed by atoms with Crippen LogP contribution in [0.15, 0.2) is 36.5 Å². The zero-order valence-electron chi connectivity index (χ0n) is 15.9. The van der Waals surface area contributed by atoms with E-state index in [-0.39, 0.29) is 0 Å². The van der Waals surface area contributed by atoms with Crippen molar-refractivity contribution < 1.29 is 0 Å². The van der Waals surface area contributed by atoms with Crippen LogP contribution in [0.2, 0.25) is 0 Å². The van der Waals surface area contributed by atoms with Gasteiger partial charge < -0.3 is 5.73 Å². The molecule has 0 fully saturated rings. The molecule has 0 aliphatic carbocycles. The Morgan fingerprint density at radius 2 is 1.52 bits per heavy atom. The molecule has 1 heterocycles. The molecule has 0 saturated carbocycles. The zero-order chi connectivity index (χ0) is 17.7. The van der Waals surface area contributed by atoms with E-state index >= 15 is 0 Å². The molecule has 0 unspecified atom stereocenters. The second kappa shape index (κ2) is 11.9. The van der Waals surface area contributed by atoms with Gasteiger partial charge in [0.25, 0.3) is 0 Å². The van der Waals surface area contributed by atoms with Gasteiger partial charge in [-0.05, 0) is 37.4 Å². The van der Waals surface area contributed by atoms with Crippen LogP contribution in [0.1, 0.15) is 70.3 Å². The second-order valence-corrected chi connectivity index (χ2v) is 7.03. The quantitative estimate of drug-likeness (QED) is 0.483. The third-order valence-electron chi connectivity index (χ3n) is 4.80. The Morgan fingerprint density at radius 3 is 2.20 bits per heavy atom. The number of unbranched alkanes of at least 4 members (excludes halogenated alkanes) is 7. The van der Waals surface area contributed by atoms with E-state index in [1.165, 1.54) is 68.9 Å². The highest BCUT2D eigenvalue weighted by Crippen LogP contribution is 2.19. The van der Waals surface area contributed by atoms with E-state index in [9.17, 15) is 0 Å². The summed E-state index contributed by atoms with van der Waals surface area (Å²) in [4.78, 5) is 0. The second-order valence-electron chi connectivity index (χ2n) is 7.03. The molecule has 1 aromatic carbocycles. The molecule has 0 aliphatic heterocycles. The SMILES string of the molecule is CCCCCCCCCCc1ccc(-c2ccn(CCCN)n2)cc1. The van der Waals surface area contributed by atoms with E-state index in [1.54, 1.807) is 0 Å². The minimum atomic E-state index is 0.711. The van der Waals surface area contributed by atoms with Crippen LogP contribution >= 0.6 is 0 Å². The molecule has 138 valence electrons. The highest BCUT2D eigenvalue weighted by molar-refractivity contribution is 5.58. The third kappa shape index (κ3) is 7.43. The number of hydrogen-bond acceptors (Lipinski definition) is 2. The van der Waals surface area contributed by atoms with Crippen LogP contribution in [0.3, 0.4) is 0 Å². The van der Waals surface area contributed by atoms with Gasteiger partial charge in [-0.15, -0.1) is 0 Å². The summed E-state index contributed by atoms with van der Waals surface area (Å²) in [5.41, 5.74) is 9.25. The molecule has 0 amide bonds. The van der Waals surface area contributed by atoms with Crippen LogP contribution < -0.4 is 5.73 Å². The lowest BCUT2D eigenvalue weighted by Gasteiger charge is -2.04. The Morgan fingerprint density at radius 1 is 0.840 bits per heavy atom. The van der Waals surface area contributed by atoms with Gasteiger partial charge >= 0.3 is 0 Å². The van der Waals surface area contributed by atoms with Crippen molar-refractivity contribution in [1.29, 1.82) is 0 Å². The summed E-state index contributed by atoms with van der Waals surface area (Å²) < 4.78 is 1.98. The first-order chi connectivity index (χ1) is 12.3. The van der Waals surface area contributed by atoms with Crippen molar-refractivity contribution >= 4 is 0 Å². The highest BCUT2D eigenvalue weighted by atomic mass is 15.3. The average Bonchev–Trinajstić information content (AvgIpc) is 3.11. The van der Waals surface area contributed by atoms with Crippen molar-refractivity contribution in [3.63, 3.8) is 0 Å². The van der Waals surface area contributed by atoms with Gasteiger partial charge in [-0.1, -0.05) is 76.1 Å². The molecule has 2 aromatic rings. The van der Waals surface area contributed by atoms with Crippen molar-refractivity contribution in [3.05, 3.63) is 42.1 Å². The largest absolute Gasteiger partial charge is 0.330 e. The Hall–Kier alpha value is -1.61. The molecule has 2 rings (SSSR count). The fourth-order valence-electron chi connectivity index (χ4n) is 3.20. The maximum absolute atomic E-state index is 5.56. The molecular formula is C22H35N3. The van der Waals surface area contributed by atoms with E-state index in [2.05, 4.69) is 42.4 Å². The molecule has 3 heteroatoms. The first-order valence-electron chi connectivity index (χ1n) is 10.2. The smallest absolute Gasteiger partial charge is 0.0923 e. The lowest BCUT2D eigenvalue weighted by atomic mass is 10.0. The molecule has 0 radical (unpaired) electrons. The van der Waals surface area contributed by atoms with Gasteiger partial charge in [-0.3, -0.25) is 4.68 Å². The highest BCUT2D eigenvalue weighted by Gasteiger charge is 2.03. The topological polar surface area (TPSA) is 43.8 Å². The molecule has 1 aromatic heterocycles. The summed E-state index contributed by atoms with van der Waals surface area (Å²) in [5, 5.41) is 4.63. The minimum Gasteiger partial charge on any atom is -0.330 e. The summed E-state index contributed by atoms with van der Waals surface area (Å²) in [6.07, 6.45) is 15.2. The zero-order valence-corrected chi connectivity index (χ0v) is 15.9. The summed E-state index contributed by atoms with van der Waals surface area (Å²) in [6, 6.07) is 11.0. The Bertz CT molecular complexity index is 571. The van der Waals surface area contributed by atoms with Gasteiger partial charge in [0.15, 0.2) is 0 Å². The van der Waals surface area contributed by atoms with Gasteiger partial charge in [-0.2, -0.15) is 5.10 Å². The van der Waals surface area contributed by atoms with Crippen molar-refractivity contribution in [1.82, 2.24) is 9.78 Å². The van der Waals surface area contributed by atoms with Gasteiger partial charge in [-0.25, -0.2) is 0 Å². The summed E-state index contributed by atoms with van der Waals surface area (Å²) in [7, 11) is 0. The van der Waals surface area contributed by atoms with Crippen LogP contribution in [-0.2, 0) is 13.0 Å². The lowest BCUT2D eigenvalue weighted by molar-refractivity contribution is 0.575. The van der Waals surface area contributed by atoms with Crippen molar-refractivity contribution in [2.24, 2.45) is 5.73 Å². The maximum Gasteiger partial charge on any atom is 0.0923 e. The van der Waals surface area contributed by atoms with Gasteiger partial charge in [0, 0.05) is 18.3 Å². The van der Waals surface area contributed by atoms with Crippen molar-refractivity contribution in [2.75, 3.05) is 6.54 Å². The molecule has 2 N–H and O–H groups in total. The fraction of sp³-hybridized carbons (Fsp3) is 0.591. The standard InChI is InChI=1S/C22H35N3/c1-2-3-4-5-6-7-8-9-11-20-12-14-21(15-13-20)22-16-19-25(24-22)18-10-17-23/h12-16,19H,2-11,17-18,23H2,1H3. The molecule has 3 nitrogen and oxygen atoms in total. The first-order valence-corrected chi connectivity index (χ1v) is 10.2. The lowest BCUT2D eigenvalue weighted by Crippen LogP contribution is -2.06. The third-order valence-corrected chi connectivity index (χ3v) is 4.80. The summed E-state index contributed by atoms with van der Waals surface area (Å²) in [5.74, 6) is 0. The number of rotatable bonds is 13. The van der Waals surface area contributed by atoms with Crippen molar-refractivity contribution in [3.8, 4) is 11.3 Å². The van der Waals surface area contributed by atoms with Crippen LogP contribution in [0.25, 0.3) is 11.3 Å². The van der Waals surface area contributed by atoms with Crippen molar-refractivity contribution in [2.45, 2.75) is 77.7 Å². The molecule has 0 atom stereocenters. The molecule has 0 bridgehead atoms. The van der Waals surface area contributed by atoms with Crippen LogP contribution in [-0.4, -0.2) is 16.3 Å². The summed E-state index contributed by atoms with van der Waals surface area (Å²) >= 11 is 0. The number of benzene rings is 1. The van der Waals surface area contributed by atoms with E-state index in [0.29, 0.717) is 6.54 Å². The summed E-state index contributed by atoms with van der Waals surface area (Å²) in [6.45, 7) is 3.88. The first kappa shape index (κ1) is 19.7. The average molecular weight is 342 g/mol. The van der Waals surface area contributed by atoms with Gasteiger partial charge in [0.05, 0.1) is 5.69 Å². The number of hydrogen-bond donors (Lipinski definition) is 1. The number of aromatic nitrogens is 2. The van der Waals surface area contributed by atoms with Crippen LogP contribution in [0.5, 0.6) is 0 Å². The fourth-order valence-corrected chi connectivity index (χ4v) is 3.20. The van der Waals surface area contributed by atoms with E-state index in [1.807, 2.05) is 10.9 Å². The molecule has 0 aliphatic rings. The predicted molar refractivity (Wildman–Crippen MR) is 108 cm³/mol. The van der Waals surface area contributed by atoms with Crippen LogP contribution in [0, 0.1) is 0 Å². The minimum absolute atomic E-state index is 0.711. The molecular weight excluding hydrogens is 306 g/mol. The van der Waals surface area contributed by atoms with E-state index < -0.39 is 0 Å². The van der Waals surface area contributed by atoms with Gasteiger partial charge in [0.1, 0.15) is 0 Å². The Labute approximate surface area is 153 Å². The monoisotopic (exact) mass is 341 g/mol. The predicted octanol–water partition coefficient (Wildman–Crippen LogP) is 5.58. The molecule has 0 spiro atoms. The van der Waals surface area contributed by atoms with Crippen LogP contribution in [0.4, 0.5) is 0 Å². The van der Waals surface area contributed by atoms with E-state index in [4.69, 9.17) is 5.73 Å². The normalized spacial score (nSPS) is 11.1. The number of nitrogens with zero attached hydrogens (tertiary/aromatic N) is 2. The Kier molecular flexibility index (Phi) is 9.35. The maximum atomic E-state index is 5.56. The Balaban J connectivity index is 1.68. The molecule has 0 saturated heterocycles. The number of aryl methyl sites for hydroxylation is 2. The van der Waals surface area contributed by atoms with E-state index in [0.717, 1.165) is 18.7 Å². The molecule has 25 heavy (non-hydrogen) atoms. The van der Waals surface area contributed by atoms with Gasteiger partial charge in [0.2, 0.25) is 0 Å².